The van der Waals surface area contributed by atoms with E-state index in [4.69, 9.17) is 0 Å². The van der Waals surface area contributed by atoms with Crippen LogP contribution in [0.2, 0.25) is 0 Å². The van der Waals surface area contributed by atoms with Crippen molar-refractivity contribution in [2.45, 2.75) is 34.2 Å². The summed E-state index contributed by atoms with van der Waals surface area (Å²) in [5.41, 5.74) is 2.14. The van der Waals surface area contributed by atoms with E-state index in [1.807, 2.05) is 27.8 Å². The minimum absolute atomic E-state index is 0. The predicted molar refractivity (Wildman–Crippen MR) is 112 cm³/mol. The smallest absolute Gasteiger partial charge is 0.225 e. The van der Waals surface area contributed by atoms with Crippen LogP contribution in [-0.4, -0.2) is 44.0 Å². The normalized spacial score (nSPS) is 11.5. The van der Waals surface area contributed by atoms with Crippen molar-refractivity contribution in [3.8, 4) is 0 Å². The fourth-order valence-corrected chi connectivity index (χ4v) is 2.04. The molecule has 0 aliphatic carbocycles. The highest BCUT2D eigenvalue weighted by molar-refractivity contribution is 14.0. The van der Waals surface area contributed by atoms with Crippen molar-refractivity contribution in [3.63, 3.8) is 0 Å². The Morgan fingerprint density at radius 2 is 1.67 bits per heavy atom. The monoisotopic (exact) mass is 446 g/mol. The van der Waals surface area contributed by atoms with Crippen molar-refractivity contribution in [2.75, 3.05) is 27.2 Å². The van der Waals surface area contributed by atoms with E-state index in [2.05, 4.69) is 51.7 Å². The zero-order chi connectivity index (χ0) is 17.5. The molecule has 1 amide bonds. The van der Waals surface area contributed by atoms with Gasteiger partial charge >= 0.3 is 0 Å². The SMILES string of the molecule is CN=C(NCCNC(=O)C(C)(C)C)N(C)Cc1ccc(C)cc1.I. The van der Waals surface area contributed by atoms with Gasteiger partial charge in [-0.05, 0) is 12.5 Å². The van der Waals surface area contributed by atoms with E-state index in [9.17, 15) is 4.79 Å². The number of benzene rings is 1. The largest absolute Gasteiger partial charge is 0.354 e. The topological polar surface area (TPSA) is 56.7 Å². The van der Waals surface area contributed by atoms with Crippen molar-refractivity contribution in [1.82, 2.24) is 15.5 Å². The standard InChI is InChI=1S/C18H30N4O.HI/c1-14-7-9-15(10-8-14)13-22(6)17(19-5)21-12-11-20-16(23)18(2,3)4;/h7-10H,11-13H2,1-6H3,(H,19,21)(H,20,23);1H. The number of amides is 1. The number of guanidine groups is 1. The molecule has 0 bridgehead atoms. The number of hydrogen-bond acceptors (Lipinski definition) is 2. The number of rotatable bonds is 5. The summed E-state index contributed by atoms with van der Waals surface area (Å²) in [4.78, 5) is 18.2. The molecule has 0 heterocycles. The molecule has 0 aromatic heterocycles. The van der Waals surface area contributed by atoms with Crippen LogP contribution >= 0.6 is 24.0 Å². The molecule has 1 aromatic carbocycles. The number of carbonyl (C=O) groups is 1. The molecule has 0 saturated heterocycles. The van der Waals surface area contributed by atoms with Crippen molar-refractivity contribution < 1.29 is 4.79 Å². The van der Waals surface area contributed by atoms with E-state index in [0.29, 0.717) is 13.1 Å². The number of aryl methyl sites for hydroxylation is 1. The molecule has 136 valence electrons. The maximum absolute atomic E-state index is 11.8. The lowest BCUT2D eigenvalue weighted by Gasteiger charge is -2.23. The highest BCUT2D eigenvalue weighted by Gasteiger charge is 2.20. The quantitative estimate of drug-likeness (QED) is 0.317. The first-order chi connectivity index (χ1) is 10.7. The Kier molecular flexibility index (Phi) is 9.96. The maximum atomic E-state index is 11.8. The summed E-state index contributed by atoms with van der Waals surface area (Å²) in [5, 5.41) is 6.19. The molecule has 0 aliphatic rings. The molecular formula is C18H31IN4O. The van der Waals surface area contributed by atoms with Crippen molar-refractivity contribution >= 4 is 35.8 Å². The Balaban J connectivity index is 0.00000529. The Morgan fingerprint density at radius 1 is 1.12 bits per heavy atom. The minimum atomic E-state index is -0.357. The lowest BCUT2D eigenvalue weighted by atomic mass is 9.96. The Bertz CT molecular complexity index is 535. The third-order valence-corrected chi connectivity index (χ3v) is 3.49. The molecule has 0 aliphatic heterocycles. The van der Waals surface area contributed by atoms with Gasteiger partial charge in [0.2, 0.25) is 5.91 Å². The van der Waals surface area contributed by atoms with Gasteiger partial charge in [-0.2, -0.15) is 0 Å². The summed E-state index contributed by atoms with van der Waals surface area (Å²) in [5.74, 6) is 0.873. The van der Waals surface area contributed by atoms with Crippen LogP contribution < -0.4 is 10.6 Å². The summed E-state index contributed by atoms with van der Waals surface area (Å²) >= 11 is 0. The molecule has 2 N–H and O–H groups in total. The van der Waals surface area contributed by atoms with Gasteiger partial charge in [0.15, 0.2) is 5.96 Å². The third kappa shape index (κ3) is 7.99. The zero-order valence-electron chi connectivity index (χ0n) is 15.6. The van der Waals surface area contributed by atoms with Gasteiger partial charge in [-0.25, -0.2) is 0 Å². The Morgan fingerprint density at radius 3 is 2.17 bits per heavy atom. The fraction of sp³-hybridized carbons (Fsp3) is 0.556. The Hall–Kier alpha value is -1.31. The second-order valence-corrected chi connectivity index (χ2v) is 6.82. The van der Waals surface area contributed by atoms with Crippen LogP contribution in [0.25, 0.3) is 0 Å². The van der Waals surface area contributed by atoms with Crippen LogP contribution in [0.5, 0.6) is 0 Å². The van der Waals surface area contributed by atoms with Crippen LogP contribution in [-0.2, 0) is 11.3 Å². The second-order valence-electron chi connectivity index (χ2n) is 6.82. The lowest BCUT2D eigenvalue weighted by molar-refractivity contribution is -0.128. The summed E-state index contributed by atoms with van der Waals surface area (Å²) in [6.45, 7) is 9.81. The van der Waals surface area contributed by atoms with Gasteiger partial charge in [-0.3, -0.25) is 9.79 Å². The predicted octanol–water partition coefficient (Wildman–Crippen LogP) is 2.78. The third-order valence-electron chi connectivity index (χ3n) is 3.49. The van der Waals surface area contributed by atoms with Crippen molar-refractivity contribution in [1.29, 1.82) is 0 Å². The van der Waals surface area contributed by atoms with Crippen LogP contribution in [0.3, 0.4) is 0 Å². The van der Waals surface area contributed by atoms with Crippen LogP contribution in [0, 0.1) is 12.3 Å². The van der Waals surface area contributed by atoms with E-state index in [-0.39, 0.29) is 35.3 Å². The van der Waals surface area contributed by atoms with E-state index in [1.54, 1.807) is 7.05 Å². The van der Waals surface area contributed by atoms with Gasteiger partial charge in [-0.15, -0.1) is 24.0 Å². The van der Waals surface area contributed by atoms with Crippen LogP contribution in [0.1, 0.15) is 31.9 Å². The average molecular weight is 446 g/mol. The van der Waals surface area contributed by atoms with Gasteiger partial charge in [0.05, 0.1) is 0 Å². The van der Waals surface area contributed by atoms with E-state index < -0.39 is 0 Å². The molecule has 0 spiro atoms. The molecule has 6 heteroatoms. The first-order valence-electron chi connectivity index (χ1n) is 7.99. The number of hydrogen-bond donors (Lipinski definition) is 2. The number of nitrogens with zero attached hydrogens (tertiary/aromatic N) is 2. The lowest BCUT2D eigenvalue weighted by Crippen LogP contribution is -2.43. The number of aliphatic imine (C=N–C) groups is 1. The summed E-state index contributed by atoms with van der Waals surface area (Å²) in [7, 11) is 3.77. The summed E-state index contributed by atoms with van der Waals surface area (Å²) in [6, 6.07) is 8.48. The second kappa shape index (κ2) is 10.5. The maximum Gasteiger partial charge on any atom is 0.225 e. The van der Waals surface area contributed by atoms with E-state index >= 15 is 0 Å². The highest BCUT2D eigenvalue weighted by atomic mass is 127. The molecule has 5 nitrogen and oxygen atoms in total. The van der Waals surface area contributed by atoms with E-state index in [0.717, 1.165) is 12.5 Å². The molecule has 0 atom stereocenters. The summed E-state index contributed by atoms with van der Waals surface area (Å²) in [6.07, 6.45) is 0. The minimum Gasteiger partial charge on any atom is -0.354 e. The molecule has 0 saturated carbocycles. The fourth-order valence-electron chi connectivity index (χ4n) is 2.04. The molecule has 24 heavy (non-hydrogen) atoms. The van der Waals surface area contributed by atoms with Crippen molar-refractivity contribution in [3.05, 3.63) is 35.4 Å². The van der Waals surface area contributed by atoms with Gasteiger partial charge in [0.25, 0.3) is 0 Å². The van der Waals surface area contributed by atoms with Crippen LogP contribution in [0.4, 0.5) is 0 Å². The van der Waals surface area contributed by atoms with Gasteiger partial charge in [-0.1, -0.05) is 50.6 Å². The number of halogens is 1. The van der Waals surface area contributed by atoms with Gasteiger partial charge in [0.1, 0.15) is 0 Å². The van der Waals surface area contributed by atoms with Gasteiger partial charge in [0, 0.05) is 39.1 Å². The average Bonchev–Trinajstić information content (AvgIpc) is 2.48. The molecular weight excluding hydrogens is 415 g/mol. The Labute approximate surface area is 163 Å². The first kappa shape index (κ1) is 22.7. The molecule has 0 unspecified atom stereocenters. The summed E-state index contributed by atoms with van der Waals surface area (Å²) < 4.78 is 0. The molecule has 1 rings (SSSR count). The van der Waals surface area contributed by atoms with Crippen molar-refractivity contribution in [2.24, 2.45) is 10.4 Å². The first-order valence-corrected chi connectivity index (χ1v) is 7.99. The molecule has 0 radical (unpaired) electrons. The molecule has 1 aromatic rings. The van der Waals surface area contributed by atoms with Gasteiger partial charge < -0.3 is 15.5 Å². The molecule has 0 fully saturated rings. The number of nitrogens with one attached hydrogen (secondary N) is 2. The zero-order valence-corrected chi connectivity index (χ0v) is 18.0. The highest BCUT2D eigenvalue weighted by Crippen LogP contribution is 2.11. The van der Waals surface area contributed by atoms with E-state index in [1.165, 1.54) is 11.1 Å². The number of carbonyl (C=O) groups excluding carboxylic acids is 1. The van der Waals surface area contributed by atoms with Crippen LogP contribution in [0.15, 0.2) is 29.3 Å².